The molecule has 2 rings (SSSR count). The molecule has 0 saturated carbocycles. The van der Waals surface area contributed by atoms with E-state index in [9.17, 15) is 4.79 Å². The average Bonchev–Trinajstić information content (AvgIpc) is 2.52. The van der Waals surface area contributed by atoms with E-state index in [1.54, 1.807) is 7.11 Å². The summed E-state index contributed by atoms with van der Waals surface area (Å²) < 4.78 is 5.23. The Morgan fingerprint density at radius 2 is 1.81 bits per heavy atom. The minimum atomic E-state index is -0.148. The Hall–Kier alpha value is -2.03. The van der Waals surface area contributed by atoms with Gasteiger partial charge in [0.15, 0.2) is 0 Å². The molecule has 3 nitrogen and oxygen atoms in total. The van der Waals surface area contributed by atoms with Gasteiger partial charge in [-0.1, -0.05) is 31.2 Å². The van der Waals surface area contributed by atoms with Gasteiger partial charge in [0.05, 0.1) is 13.0 Å². The molecule has 2 aromatic rings. The Morgan fingerprint density at radius 1 is 1.14 bits per heavy atom. The van der Waals surface area contributed by atoms with Crippen molar-refractivity contribution in [1.82, 2.24) is 5.32 Å². The molecule has 21 heavy (non-hydrogen) atoms. The number of hydrogen-bond donors (Lipinski definition) is 1. The molecule has 0 fully saturated rings. The summed E-state index contributed by atoms with van der Waals surface area (Å²) in [6.07, 6.45) is 0.940. The first-order valence-corrected chi connectivity index (χ1v) is 7.43. The van der Waals surface area contributed by atoms with Gasteiger partial charge in [0.2, 0.25) is 5.91 Å². The van der Waals surface area contributed by atoms with E-state index in [0.29, 0.717) is 0 Å². The fraction of sp³-hybridized carbons (Fsp3) is 0.389. The van der Waals surface area contributed by atoms with Crippen LogP contribution in [0.25, 0.3) is 10.8 Å². The lowest BCUT2D eigenvalue weighted by atomic mass is 9.96. The topological polar surface area (TPSA) is 38.3 Å². The van der Waals surface area contributed by atoms with Crippen LogP contribution in [0, 0.1) is 0 Å². The van der Waals surface area contributed by atoms with Crippen LogP contribution in [0.4, 0.5) is 0 Å². The maximum Gasteiger partial charge on any atom is 0.227 e. The molecule has 112 valence electrons. The van der Waals surface area contributed by atoms with Gasteiger partial charge in [-0.2, -0.15) is 0 Å². The van der Waals surface area contributed by atoms with Crippen LogP contribution in [0.2, 0.25) is 0 Å². The normalized spacial score (nSPS) is 13.7. The van der Waals surface area contributed by atoms with Crippen molar-refractivity contribution < 1.29 is 9.53 Å². The van der Waals surface area contributed by atoms with Crippen LogP contribution in [0.15, 0.2) is 36.4 Å². The summed E-state index contributed by atoms with van der Waals surface area (Å²) in [4.78, 5) is 12.2. The van der Waals surface area contributed by atoms with Crippen molar-refractivity contribution in [2.45, 2.75) is 39.2 Å². The minimum absolute atomic E-state index is 0.0808. The van der Waals surface area contributed by atoms with Crippen LogP contribution in [-0.4, -0.2) is 19.1 Å². The number of benzene rings is 2. The first-order valence-electron chi connectivity index (χ1n) is 7.43. The summed E-state index contributed by atoms with van der Waals surface area (Å²) in [5.41, 5.74) is 1.04. The molecule has 0 spiro atoms. The number of hydrogen-bond acceptors (Lipinski definition) is 2. The first kappa shape index (κ1) is 15.4. The first-order chi connectivity index (χ1) is 10.0. The largest absolute Gasteiger partial charge is 0.497 e. The van der Waals surface area contributed by atoms with E-state index in [4.69, 9.17) is 4.74 Å². The smallest absolute Gasteiger partial charge is 0.227 e. The number of carbonyl (C=O) groups excluding carboxylic acids is 1. The molecule has 0 heterocycles. The zero-order valence-corrected chi connectivity index (χ0v) is 13.1. The van der Waals surface area contributed by atoms with Crippen molar-refractivity contribution in [2.24, 2.45) is 0 Å². The van der Waals surface area contributed by atoms with E-state index in [0.717, 1.165) is 28.5 Å². The lowest BCUT2D eigenvalue weighted by Crippen LogP contribution is -2.35. The Balaban J connectivity index is 2.24. The zero-order chi connectivity index (χ0) is 15.4. The third kappa shape index (κ3) is 3.54. The molecule has 0 aliphatic heterocycles. The molecule has 0 saturated heterocycles. The molecule has 0 radical (unpaired) electrons. The van der Waals surface area contributed by atoms with E-state index >= 15 is 0 Å². The highest BCUT2D eigenvalue weighted by Crippen LogP contribution is 2.25. The third-order valence-electron chi connectivity index (χ3n) is 3.97. The number of nitrogens with one attached hydrogen (secondary N) is 1. The average molecular weight is 285 g/mol. The summed E-state index contributed by atoms with van der Waals surface area (Å²) in [6, 6.07) is 12.3. The van der Waals surface area contributed by atoms with E-state index in [2.05, 4.69) is 18.3 Å². The van der Waals surface area contributed by atoms with Crippen LogP contribution in [-0.2, 0) is 4.79 Å². The van der Waals surface area contributed by atoms with Gasteiger partial charge >= 0.3 is 0 Å². The molecular formula is C18H23NO2. The summed E-state index contributed by atoms with van der Waals surface area (Å²) in [5.74, 6) is 0.778. The molecule has 0 bridgehead atoms. The van der Waals surface area contributed by atoms with Crippen molar-refractivity contribution in [3.63, 3.8) is 0 Å². The predicted octanol–water partition coefficient (Wildman–Crippen LogP) is 3.87. The van der Waals surface area contributed by atoms with Gasteiger partial charge in [0.1, 0.15) is 5.75 Å². The van der Waals surface area contributed by atoms with Crippen molar-refractivity contribution in [1.29, 1.82) is 0 Å². The fourth-order valence-electron chi connectivity index (χ4n) is 2.26. The second-order valence-electron chi connectivity index (χ2n) is 5.51. The SMILES string of the molecule is CC[C@@H](C)NC(=O)[C@H](C)c1ccc2cc(OC)ccc2c1. The van der Waals surface area contributed by atoms with E-state index < -0.39 is 0 Å². The van der Waals surface area contributed by atoms with Crippen LogP contribution in [0.3, 0.4) is 0 Å². The quantitative estimate of drug-likeness (QED) is 0.905. The molecule has 0 unspecified atom stereocenters. The zero-order valence-electron chi connectivity index (χ0n) is 13.1. The monoisotopic (exact) mass is 285 g/mol. The number of fused-ring (bicyclic) bond motifs is 1. The molecular weight excluding hydrogens is 262 g/mol. The second kappa shape index (κ2) is 6.61. The van der Waals surface area contributed by atoms with E-state index in [1.807, 2.05) is 44.2 Å². The molecule has 3 heteroatoms. The molecule has 0 aliphatic rings. The highest BCUT2D eigenvalue weighted by atomic mass is 16.5. The van der Waals surface area contributed by atoms with Crippen LogP contribution in [0.5, 0.6) is 5.75 Å². The Morgan fingerprint density at radius 3 is 2.48 bits per heavy atom. The van der Waals surface area contributed by atoms with Crippen molar-refractivity contribution in [3.8, 4) is 5.75 Å². The Kier molecular flexibility index (Phi) is 4.84. The molecule has 2 aromatic carbocycles. The number of rotatable bonds is 5. The molecule has 0 aliphatic carbocycles. The summed E-state index contributed by atoms with van der Waals surface area (Å²) in [5, 5.41) is 5.28. The molecule has 0 aromatic heterocycles. The highest BCUT2D eigenvalue weighted by molar-refractivity contribution is 5.88. The van der Waals surface area contributed by atoms with Gasteiger partial charge in [0, 0.05) is 6.04 Å². The summed E-state index contributed by atoms with van der Waals surface area (Å²) in [6.45, 7) is 6.04. The van der Waals surface area contributed by atoms with Crippen LogP contribution < -0.4 is 10.1 Å². The molecule has 1 amide bonds. The fourth-order valence-corrected chi connectivity index (χ4v) is 2.26. The number of carbonyl (C=O) groups is 1. The van der Waals surface area contributed by atoms with Gasteiger partial charge in [0.25, 0.3) is 0 Å². The second-order valence-corrected chi connectivity index (χ2v) is 5.51. The Labute approximate surface area is 126 Å². The van der Waals surface area contributed by atoms with Crippen LogP contribution >= 0.6 is 0 Å². The predicted molar refractivity (Wildman–Crippen MR) is 86.8 cm³/mol. The standard InChI is InChI=1S/C18H23NO2/c1-5-12(2)19-18(20)13(3)14-6-7-16-11-17(21-4)9-8-15(16)10-14/h6-13H,5H2,1-4H3,(H,19,20)/t12-,13-/m1/s1. The molecule has 1 N–H and O–H groups in total. The highest BCUT2D eigenvalue weighted by Gasteiger charge is 2.16. The molecule has 2 atom stereocenters. The summed E-state index contributed by atoms with van der Waals surface area (Å²) >= 11 is 0. The van der Waals surface area contributed by atoms with Gasteiger partial charge in [-0.3, -0.25) is 4.79 Å². The third-order valence-corrected chi connectivity index (χ3v) is 3.97. The summed E-state index contributed by atoms with van der Waals surface area (Å²) in [7, 11) is 1.66. The lowest BCUT2D eigenvalue weighted by molar-refractivity contribution is -0.122. The van der Waals surface area contributed by atoms with Gasteiger partial charge < -0.3 is 10.1 Å². The Bertz CT molecular complexity index is 636. The number of amides is 1. The van der Waals surface area contributed by atoms with Crippen molar-refractivity contribution in [3.05, 3.63) is 42.0 Å². The number of methoxy groups -OCH3 is 1. The number of ether oxygens (including phenoxy) is 1. The van der Waals surface area contributed by atoms with Crippen molar-refractivity contribution in [2.75, 3.05) is 7.11 Å². The maximum absolute atomic E-state index is 12.2. The van der Waals surface area contributed by atoms with Gasteiger partial charge in [-0.15, -0.1) is 0 Å². The minimum Gasteiger partial charge on any atom is -0.497 e. The van der Waals surface area contributed by atoms with Crippen molar-refractivity contribution >= 4 is 16.7 Å². The lowest BCUT2D eigenvalue weighted by Gasteiger charge is -2.17. The van der Waals surface area contributed by atoms with Gasteiger partial charge in [-0.25, -0.2) is 0 Å². The van der Waals surface area contributed by atoms with E-state index in [-0.39, 0.29) is 17.9 Å². The maximum atomic E-state index is 12.2. The van der Waals surface area contributed by atoms with E-state index in [1.165, 1.54) is 0 Å². The van der Waals surface area contributed by atoms with Gasteiger partial charge in [-0.05, 0) is 48.7 Å². The van der Waals surface area contributed by atoms with Crippen LogP contribution in [0.1, 0.15) is 38.7 Å².